The third-order valence-electron chi connectivity index (χ3n) is 3.77. The van der Waals surface area contributed by atoms with Gasteiger partial charge in [0.05, 0.1) is 19.3 Å². The number of aliphatic carboxylic acids is 1. The Morgan fingerprint density at radius 1 is 1.48 bits per heavy atom. The minimum atomic E-state index is -1.11. The van der Waals surface area contributed by atoms with Gasteiger partial charge in [0.25, 0.3) is 0 Å². The smallest absolute Gasteiger partial charge is 0.319 e. The number of carboxylic acid groups (broad SMARTS) is 1. The number of nitrogens with one attached hydrogen (secondary N) is 2. The quantitative estimate of drug-likeness (QED) is 0.775. The Balaban J connectivity index is 2.05. The maximum Gasteiger partial charge on any atom is 0.319 e. The summed E-state index contributed by atoms with van der Waals surface area (Å²) >= 11 is 3.39. The third kappa shape index (κ3) is 3.19. The van der Waals surface area contributed by atoms with Gasteiger partial charge in [0.15, 0.2) is 0 Å². The number of rotatable bonds is 3. The number of urea groups is 1. The second-order valence-electron chi connectivity index (χ2n) is 5.30. The van der Waals surface area contributed by atoms with Crippen LogP contribution in [0.5, 0.6) is 0 Å². The molecule has 0 spiro atoms. The molecule has 0 aliphatic carbocycles. The van der Waals surface area contributed by atoms with E-state index in [1.807, 2.05) is 19.1 Å². The molecule has 114 valence electrons. The van der Waals surface area contributed by atoms with Crippen LogP contribution in [0.1, 0.15) is 12.5 Å². The molecule has 1 aromatic rings. The van der Waals surface area contributed by atoms with Gasteiger partial charge >= 0.3 is 12.0 Å². The number of hydrogen-bond acceptors (Lipinski definition) is 3. The monoisotopic (exact) mass is 356 g/mol. The van der Waals surface area contributed by atoms with Gasteiger partial charge in [0.1, 0.15) is 5.41 Å². The first-order chi connectivity index (χ1) is 9.84. The Morgan fingerprint density at radius 3 is 2.86 bits per heavy atom. The molecule has 6 nitrogen and oxygen atoms in total. The van der Waals surface area contributed by atoms with Crippen LogP contribution in [-0.2, 0) is 9.53 Å². The van der Waals surface area contributed by atoms with Crippen LogP contribution in [0.15, 0.2) is 22.7 Å². The molecule has 1 aliphatic heterocycles. The van der Waals surface area contributed by atoms with Crippen molar-refractivity contribution in [3.05, 3.63) is 28.2 Å². The van der Waals surface area contributed by atoms with Crippen molar-refractivity contribution in [1.82, 2.24) is 5.32 Å². The third-order valence-corrected chi connectivity index (χ3v) is 4.62. The van der Waals surface area contributed by atoms with E-state index in [9.17, 15) is 14.7 Å². The van der Waals surface area contributed by atoms with Gasteiger partial charge < -0.3 is 20.5 Å². The zero-order valence-electron chi connectivity index (χ0n) is 11.8. The van der Waals surface area contributed by atoms with Gasteiger partial charge in [-0.25, -0.2) is 4.79 Å². The zero-order chi connectivity index (χ0) is 15.6. The largest absolute Gasteiger partial charge is 0.481 e. The van der Waals surface area contributed by atoms with Crippen LogP contribution in [0.2, 0.25) is 0 Å². The van der Waals surface area contributed by atoms with Crippen LogP contribution in [-0.4, -0.2) is 36.4 Å². The van der Waals surface area contributed by atoms with Crippen molar-refractivity contribution in [2.24, 2.45) is 5.41 Å². The Morgan fingerprint density at radius 2 is 2.19 bits per heavy atom. The van der Waals surface area contributed by atoms with E-state index in [1.54, 1.807) is 13.0 Å². The number of carbonyl (C=O) groups excluding carboxylic acids is 1. The van der Waals surface area contributed by atoms with Crippen molar-refractivity contribution in [2.75, 3.05) is 18.5 Å². The Labute approximate surface area is 131 Å². The molecule has 1 heterocycles. The second-order valence-corrected chi connectivity index (χ2v) is 6.16. The molecule has 0 bridgehead atoms. The van der Waals surface area contributed by atoms with Crippen molar-refractivity contribution in [1.29, 1.82) is 0 Å². The minimum absolute atomic E-state index is 0.0865. The lowest BCUT2D eigenvalue weighted by Gasteiger charge is -2.25. The van der Waals surface area contributed by atoms with Gasteiger partial charge in [0, 0.05) is 10.2 Å². The summed E-state index contributed by atoms with van der Waals surface area (Å²) in [5, 5.41) is 14.7. The van der Waals surface area contributed by atoms with Crippen LogP contribution >= 0.6 is 15.9 Å². The molecular formula is C14H17BrN2O4. The van der Waals surface area contributed by atoms with E-state index in [-0.39, 0.29) is 13.2 Å². The fraction of sp³-hybridized carbons (Fsp3) is 0.429. The zero-order valence-corrected chi connectivity index (χ0v) is 13.4. The van der Waals surface area contributed by atoms with Crippen molar-refractivity contribution in [3.8, 4) is 0 Å². The summed E-state index contributed by atoms with van der Waals surface area (Å²) in [4.78, 5) is 23.4. The normalized spacial score (nSPS) is 24.6. The number of hydrogen-bond donors (Lipinski definition) is 3. The molecule has 1 aliphatic rings. The van der Waals surface area contributed by atoms with E-state index in [4.69, 9.17) is 4.74 Å². The molecule has 21 heavy (non-hydrogen) atoms. The van der Waals surface area contributed by atoms with Gasteiger partial charge in [-0.1, -0.05) is 22.0 Å². The fourth-order valence-corrected chi connectivity index (χ4v) is 2.51. The summed E-state index contributed by atoms with van der Waals surface area (Å²) in [5.41, 5.74) is 0.457. The average molecular weight is 357 g/mol. The van der Waals surface area contributed by atoms with Crippen molar-refractivity contribution < 1.29 is 19.4 Å². The summed E-state index contributed by atoms with van der Waals surface area (Å²) < 4.78 is 6.09. The number of benzene rings is 1. The topological polar surface area (TPSA) is 87.7 Å². The predicted octanol–water partition coefficient (Wildman–Crippen LogP) is 2.37. The van der Waals surface area contributed by atoms with E-state index in [2.05, 4.69) is 26.6 Å². The SMILES string of the molecule is Cc1c(Br)cccc1NC(=O)NC1COCC1(C)C(=O)O. The van der Waals surface area contributed by atoms with Crippen LogP contribution in [0.4, 0.5) is 10.5 Å². The van der Waals surface area contributed by atoms with E-state index in [1.165, 1.54) is 0 Å². The number of ether oxygens (including phenoxy) is 1. The van der Waals surface area contributed by atoms with Gasteiger partial charge in [-0.05, 0) is 31.5 Å². The predicted molar refractivity (Wildman–Crippen MR) is 81.4 cm³/mol. The van der Waals surface area contributed by atoms with E-state index in [0.717, 1.165) is 10.0 Å². The van der Waals surface area contributed by atoms with Gasteiger partial charge in [-0.3, -0.25) is 4.79 Å². The number of carboxylic acids is 1. The molecule has 1 saturated heterocycles. The number of halogens is 1. The molecule has 0 saturated carbocycles. The van der Waals surface area contributed by atoms with E-state index >= 15 is 0 Å². The first-order valence-electron chi connectivity index (χ1n) is 6.48. The molecule has 2 unspecified atom stereocenters. The number of carbonyl (C=O) groups is 2. The van der Waals surface area contributed by atoms with Crippen LogP contribution < -0.4 is 10.6 Å². The Bertz CT molecular complexity index is 578. The lowest BCUT2D eigenvalue weighted by molar-refractivity contribution is -0.148. The van der Waals surface area contributed by atoms with Crippen molar-refractivity contribution in [2.45, 2.75) is 19.9 Å². The van der Waals surface area contributed by atoms with Crippen LogP contribution in [0.3, 0.4) is 0 Å². The van der Waals surface area contributed by atoms with Crippen molar-refractivity contribution in [3.63, 3.8) is 0 Å². The molecule has 3 N–H and O–H groups in total. The summed E-state index contributed by atoms with van der Waals surface area (Å²) in [7, 11) is 0. The van der Waals surface area contributed by atoms with Gasteiger partial charge in [0.2, 0.25) is 0 Å². The molecular weight excluding hydrogens is 340 g/mol. The first kappa shape index (κ1) is 15.8. The molecule has 0 radical (unpaired) electrons. The second kappa shape index (κ2) is 6.03. The summed E-state index contributed by atoms with van der Waals surface area (Å²) in [5.74, 6) is -0.982. The Hall–Kier alpha value is -1.60. The average Bonchev–Trinajstić information content (AvgIpc) is 2.78. The highest BCUT2D eigenvalue weighted by Crippen LogP contribution is 2.29. The highest BCUT2D eigenvalue weighted by atomic mass is 79.9. The van der Waals surface area contributed by atoms with Gasteiger partial charge in [-0.15, -0.1) is 0 Å². The lowest BCUT2D eigenvalue weighted by atomic mass is 9.85. The number of anilines is 1. The highest BCUT2D eigenvalue weighted by molar-refractivity contribution is 9.10. The summed E-state index contributed by atoms with van der Waals surface area (Å²) in [6.07, 6.45) is 0. The maximum absolute atomic E-state index is 12.1. The maximum atomic E-state index is 12.1. The Kier molecular flexibility index (Phi) is 4.53. The van der Waals surface area contributed by atoms with Gasteiger partial charge in [-0.2, -0.15) is 0 Å². The molecule has 0 aromatic heterocycles. The molecule has 2 amide bonds. The van der Waals surface area contributed by atoms with Crippen molar-refractivity contribution >= 4 is 33.6 Å². The van der Waals surface area contributed by atoms with Crippen LogP contribution in [0.25, 0.3) is 0 Å². The number of amides is 2. The molecule has 2 rings (SSSR count). The molecule has 7 heteroatoms. The molecule has 2 atom stereocenters. The lowest BCUT2D eigenvalue weighted by Crippen LogP contribution is -2.50. The summed E-state index contributed by atoms with van der Waals surface area (Å²) in [6, 6.07) is 4.46. The minimum Gasteiger partial charge on any atom is -0.481 e. The van der Waals surface area contributed by atoms with E-state index < -0.39 is 23.5 Å². The fourth-order valence-electron chi connectivity index (χ4n) is 2.14. The molecule has 1 fully saturated rings. The molecule has 1 aromatic carbocycles. The summed E-state index contributed by atoms with van der Waals surface area (Å²) in [6.45, 7) is 3.72. The highest BCUT2D eigenvalue weighted by Gasteiger charge is 2.47. The standard InChI is InChI=1S/C14H17BrN2O4/c1-8-9(15)4-3-5-10(8)16-13(20)17-11-6-21-7-14(11,2)12(18)19/h3-5,11H,6-7H2,1-2H3,(H,18,19)(H2,16,17,20). The first-order valence-corrected chi connectivity index (χ1v) is 7.27. The van der Waals surface area contributed by atoms with E-state index in [0.29, 0.717) is 5.69 Å². The van der Waals surface area contributed by atoms with Crippen LogP contribution in [0, 0.1) is 12.3 Å².